The molecule has 1 amide bonds. The molecule has 1 aromatic rings. The Hall–Kier alpha value is -1.47. The van der Waals surface area contributed by atoms with Gasteiger partial charge in [0, 0.05) is 6.04 Å². The van der Waals surface area contributed by atoms with Crippen molar-refractivity contribution in [3.63, 3.8) is 0 Å². The van der Waals surface area contributed by atoms with E-state index in [1.165, 1.54) is 18.6 Å². The molecule has 21 heavy (non-hydrogen) atoms. The molecule has 1 aliphatic carbocycles. The number of sulfonamides is 1. The molecule has 0 spiro atoms. The predicted molar refractivity (Wildman–Crippen MR) is 76.6 cm³/mol. The van der Waals surface area contributed by atoms with E-state index < -0.39 is 20.7 Å². The minimum atomic E-state index is -4.01. The van der Waals surface area contributed by atoms with Gasteiger partial charge in [-0.2, -0.15) is 0 Å². The SMILES string of the molecule is O=C(CNS(=O)(=O)c1ccccc1F)NC1CCCCC1. The minimum absolute atomic E-state index is 0.115. The Bertz CT molecular complexity index is 598. The maximum atomic E-state index is 13.5. The van der Waals surface area contributed by atoms with Gasteiger partial charge in [0.15, 0.2) is 0 Å². The van der Waals surface area contributed by atoms with Gasteiger partial charge in [0.25, 0.3) is 0 Å². The molecule has 0 saturated heterocycles. The third kappa shape index (κ3) is 4.50. The zero-order valence-corrected chi connectivity index (χ0v) is 12.5. The van der Waals surface area contributed by atoms with Crippen molar-refractivity contribution in [2.24, 2.45) is 0 Å². The average Bonchev–Trinajstić information content (AvgIpc) is 2.47. The molecule has 1 aliphatic rings. The van der Waals surface area contributed by atoms with E-state index >= 15 is 0 Å². The molecule has 0 radical (unpaired) electrons. The molecule has 1 fully saturated rings. The summed E-state index contributed by atoms with van der Waals surface area (Å²) in [7, 11) is -4.01. The number of halogens is 1. The molecule has 0 heterocycles. The van der Waals surface area contributed by atoms with Crippen molar-refractivity contribution in [3.8, 4) is 0 Å². The van der Waals surface area contributed by atoms with Gasteiger partial charge in [-0.3, -0.25) is 4.79 Å². The minimum Gasteiger partial charge on any atom is -0.352 e. The summed E-state index contributed by atoms with van der Waals surface area (Å²) in [5.74, 6) is -1.22. The number of carbonyl (C=O) groups excluding carboxylic acids is 1. The second-order valence-electron chi connectivity index (χ2n) is 5.16. The molecule has 2 N–H and O–H groups in total. The van der Waals surface area contributed by atoms with Crippen LogP contribution in [0.3, 0.4) is 0 Å². The molecule has 7 heteroatoms. The number of carbonyl (C=O) groups is 1. The van der Waals surface area contributed by atoms with Crippen LogP contribution in [0.1, 0.15) is 32.1 Å². The highest BCUT2D eigenvalue weighted by atomic mass is 32.2. The van der Waals surface area contributed by atoms with Gasteiger partial charge in [0.1, 0.15) is 10.7 Å². The summed E-state index contributed by atoms with van der Waals surface area (Å²) in [5.41, 5.74) is 0. The van der Waals surface area contributed by atoms with E-state index in [2.05, 4.69) is 10.0 Å². The lowest BCUT2D eigenvalue weighted by Crippen LogP contribution is -2.42. The van der Waals surface area contributed by atoms with Crippen molar-refractivity contribution >= 4 is 15.9 Å². The topological polar surface area (TPSA) is 75.3 Å². The van der Waals surface area contributed by atoms with Crippen molar-refractivity contribution in [2.75, 3.05) is 6.54 Å². The summed E-state index contributed by atoms with van der Waals surface area (Å²) >= 11 is 0. The first-order chi connectivity index (χ1) is 9.99. The van der Waals surface area contributed by atoms with Crippen LogP contribution in [0.25, 0.3) is 0 Å². The number of benzene rings is 1. The first-order valence-corrected chi connectivity index (χ1v) is 8.51. The van der Waals surface area contributed by atoms with Crippen molar-refractivity contribution in [1.29, 1.82) is 0 Å². The lowest BCUT2D eigenvalue weighted by atomic mass is 9.95. The Kier molecular flexibility index (Phi) is 5.30. The quantitative estimate of drug-likeness (QED) is 0.866. The van der Waals surface area contributed by atoms with Crippen LogP contribution < -0.4 is 10.0 Å². The Morgan fingerprint density at radius 2 is 1.86 bits per heavy atom. The lowest BCUT2D eigenvalue weighted by molar-refractivity contribution is -0.120. The normalized spacial score (nSPS) is 16.6. The molecule has 0 unspecified atom stereocenters. The van der Waals surface area contributed by atoms with Crippen LogP contribution in [0.4, 0.5) is 4.39 Å². The Morgan fingerprint density at radius 3 is 2.52 bits per heavy atom. The van der Waals surface area contributed by atoms with E-state index in [0.717, 1.165) is 37.8 Å². The maximum Gasteiger partial charge on any atom is 0.243 e. The van der Waals surface area contributed by atoms with Gasteiger partial charge in [-0.25, -0.2) is 17.5 Å². The average molecular weight is 314 g/mol. The summed E-state index contributed by atoms with van der Waals surface area (Å²) in [4.78, 5) is 11.3. The second kappa shape index (κ2) is 7.00. The Labute approximate surface area is 124 Å². The van der Waals surface area contributed by atoms with Crippen LogP contribution in [0, 0.1) is 5.82 Å². The molecule has 5 nitrogen and oxygen atoms in total. The van der Waals surface area contributed by atoms with Crippen molar-refractivity contribution in [1.82, 2.24) is 10.0 Å². The van der Waals surface area contributed by atoms with Gasteiger partial charge in [-0.05, 0) is 25.0 Å². The highest BCUT2D eigenvalue weighted by Crippen LogP contribution is 2.17. The van der Waals surface area contributed by atoms with Gasteiger partial charge >= 0.3 is 0 Å². The van der Waals surface area contributed by atoms with Gasteiger partial charge < -0.3 is 5.32 Å². The third-order valence-electron chi connectivity index (χ3n) is 3.52. The summed E-state index contributed by atoms with van der Waals surface area (Å²) in [6.07, 6.45) is 5.17. The van der Waals surface area contributed by atoms with Gasteiger partial charge in [-0.15, -0.1) is 0 Å². The molecule has 2 rings (SSSR count). The maximum absolute atomic E-state index is 13.5. The molecule has 0 atom stereocenters. The Morgan fingerprint density at radius 1 is 1.19 bits per heavy atom. The van der Waals surface area contributed by atoms with E-state index in [4.69, 9.17) is 0 Å². The number of hydrogen-bond donors (Lipinski definition) is 2. The van der Waals surface area contributed by atoms with Crippen LogP contribution in [0.5, 0.6) is 0 Å². The zero-order valence-electron chi connectivity index (χ0n) is 11.6. The number of hydrogen-bond acceptors (Lipinski definition) is 3. The van der Waals surface area contributed by atoms with Crippen molar-refractivity contribution in [2.45, 2.75) is 43.0 Å². The van der Waals surface area contributed by atoms with E-state index in [0.29, 0.717) is 0 Å². The highest BCUT2D eigenvalue weighted by Gasteiger charge is 2.21. The molecule has 1 saturated carbocycles. The van der Waals surface area contributed by atoms with Crippen molar-refractivity contribution < 1.29 is 17.6 Å². The van der Waals surface area contributed by atoms with E-state index in [9.17, 15) is 17.6 Å². The van der Waals surface area contributed by atoms with E-state index in [1.807, 2.05) is 0 Å². The van der Waals surface area contributed by atoms with E-state index in [-0.39, 0.29) is 18.5 Å². The van der Waals surface area contributed by atoms with Crippen LogP contribution >= 0.6 is 0 Å². The van der Waals surface area contributed by atoms with Crippen LogP contribution in [-0.4, -0.2) is 26.9 Å². The first-order valence-electron chi connectivity index (χ1n) is 7.02. The lowest BCUT2D eigenvalue weighted by Gasteiger charge is -2.22. The smallest absolute Gasteiger partial charge is 0.243 e. The Balaban J connectivity index is 1.89. The monoisotopic (exact) mass is 314 g/mol. The molecule has 1 aromatic carbocycles. The zero-order chi connectivity index (χ0) is 15.3. The fraction of sp³-hybridized carbons (Fsp3) is 0.500. The summed E-state index contributed by atoms with van der Waals surface area (Å²) < 4.78 is 39.4. The summed E-state index contributed by atoms with van der Waals surface area (Å²) in [5, 5.41) is 2.80. The first kappa shape index (κ1) is 15.9. The number of rotatable bonds is 5. The molecular formula is C14H19FN2O3S. The largest absolute Gasteiger partial charge is 0.352 e. The molecular weight excluding hydrogens is 295 g/mol. The molecule has 116 valence electrons. The fourth-order valence-electron chi connectivity index (χ4n) is 2.43. The van der Waals surface area contributed by atoms with Crippen molar-refractivity contribution in [3.05, 3.63) is 30.1 Å². The number of amides is 1. The summed E-state index contributed by atoms with van der Waals surface area (Å²) in [6, 6.07) is 5.18. The van der Waals surface area contributed by atoms with Gasteiger partial charge in [0.2, 0.25) is 15.9 Å². The van der Waals surface area contributed by atoms with E-state index in [1.54, 1.807) is 0 Å². The molecule has 0 aliphatic heterocycles. The van der Waals surface area contributed by atoms with Gasteiger partial charge in [-0.1, -0.05) is 31.4 Å². The predicted octanol–water partition coefficient (Wildman–Crippen LogP) is 1.55. The summed E-state index contributed by atoms with van der Waals surface area (Å²) in [6.45, 7) is -0.382. The van der Waals surface area contributed by atoms with Crippen LogP contribution in [-0.2, 0) is 14.8 Å². The molecule has 0 bridgehead atoms. The molecule has 0 aromatic heterocycles. The third-order valence-corrected chi connectivity index (χ3v) is 4.95. The highest BCUT2D eigenvalue weighted by molar-refractivity contribution is 7.89. The second-order valence-corrected chi connectivity index (χ2v) is 6.89. The number of nitrogens with one attached hydrogen (secondary N) is 2. The van der Waals surface area contributed by atoms with Crippen LogP contribution in [0.15, 0.2) is 29.2 Å². The fourth-order valence-corrected chi connectivity index (χ4v) is 3.49. The van der Waals surface area contributed by atoms with Gasteiger partial charge in [0.05, 0.1) is 6.54 Å². The standard InChI is InChI=1S/C14H19FN2O3S/c15-12-8-4-5-9-13(12)21(19,20)16-10-14(18)17-11-6-2-1-3-7-11/h4-5,8-9,11,16H,1-3,6-7,10H2,(H,17,18). The van der Waals surface area contributed by atoms with Crippen LogP contribution in [0.2, 0.25) is 0 Å².